The van der Waals surface area contributed by atoms with E-state index < -0.39 is 5.97 Å². The van der Waals surface area contributed by atoms with Crippen molar-refractivity contribution in [1.29, 1.82) is 0 Å². The molecule has 19 heavy (non-hydrogen) atoms. The second-order valence-electron chi connectivity index (χ2n) is 4.12. The standard InChI is InChI=1S/C15H14FNO2/c16-13-7-3-1-5-11(13)9-10-17-14-8-4-2-6-12(14)15(18)19/h1-8,17H,9-10H2,(H,18,19). The van der Waals surface area contributed by atoms with E-state index in [9.17, 15) is 9.18 Å². The molecule has 0 spiro atoms. The van der Waals surface area contributed by atoms with Crippen molar-refractivity contribution in [2.24, 2.45) is 0 Å². The summed E-state index contributed by atoms with van der Waals surface area (Å²) >= 11 is 0. The molecule has 0 aliphatic rings. The molecule has 0 unspecified atom stereocenters. The van der Waals surface area contributed by atoms with Crippen LogP contribution in [0.25, 0.3) is 0 Å². The van der Waals surface area contributed by atoms with Crippen LogP contribution in [0, 0.1) is 5.82 Å². The summed E-state index contributed by atoms with van der Waals surface area (Å²) in [4.78, 5) is 11.0. The zero-order valence-electron chi connectivity index (χ0n) is 10.3. The zero-order valence-corrected chi connectivity index (χ0v) is 10.3. The molecule has 2 rings (SSSR count). The Morgan fingerprint density at radius 3 is 2.53 bits per heavy atom. The van der Waals surface area contributed by atoms with Crippen LogP contribution >= 0.6 is 0 Å². The maximum absolute atomic E-state index is 13.4. The predicted molar refractivity (Wildman–Crippen MR) is 72.0 cm³/mol. The summed E-state index contributed by atoms with van der Waals surface area (Å²) < 4.78 is 13.4. The van der Waals surface area contributed by atoms with E-state index in [0.717, 1.165) is 0 Å². The first kappa shape index (κ1) is 13.1. The van der Waals surface area contributed by atoms with Gasteiger partial charge in [-0.25, -0.2) is 9.18 Å². The molecular formula is C15H14FNO2. The van der Waals surface area contributed by atoms with Gasteiger partial charge in [0, 0.05) is 12.2 Å². The van der Waals surface area contributed by atoms with Gasteiger partial charge in [0.2, 0.25) is 0 Å². The Labute approximate surface area is 110 Å². The molecule has 0 aliphatic carbocycles. The van der Waals surface area contributed by atoms with Crippen LogP contribution in [0.15, 0.2) is 48.5 Å². The Hall–Kier alpha value is -2.36. The number of benzene rings is 2. The van der Waals surface area contributed by atoms with E-state index in [1.54, 1.807) is 36.4 Å². The smallest absolute Gasteiger partial charge is 0.337 e. The molecule has 3 nitrogen and oxygen atoms in total. The van der Waals surface area contributed by atoms with Crippen LogP contribution in [-0.4, -0.2) is 17.6 Å². The van der Waals surface area contributed by atoms with Crippen LogP contribution in [0.1, 0.15) is 15.9 Å². The van der Waals surface area contributed by atoms with Gasteiger partial charge in [-0.2, -0.15) is 0 Å². The Morgan fingerprint density at radius 2 is 1.79 bits per heavy atom. The number of carbonyl (C=O) groups is 1. The highest BCUT2D eigenvalue weighted by atomic mass is 19.1. The molecule has 2 aromatic carbocycles. The minimum atomic E-state index is -0.978. The highest BCUT2D eigenvalue weighted by Crippen LogP contribution is 2.15. The van der Waals surface area contributed by atoms with Gasteiger partial charge in [-0.05, 0) is 30.2 Å². The van der Waals surface area contributed by atoms with Gasteiger partial charge in [-0.3, -0.25) is 0 Å². The topological polar surface area (TPSA) is 49.3 Å². The predicted octanol–water partition coefficient (Wildman–Crippen LogP) is 3.18. The first-order chi connectivity index (χ1) is 9.18. The fourth-order valence-corrected chi connectivity index (χ4v) is 1.86. The molecule has 2 aromatic rings. The van der Waals surface area contributed by atoms with Gasteiger partial charge < -0.3 is 10.4 Å². The maximum atomic E-state index is 13.4. The van der Waals surface area contributed by atoms with Crippen molar-refractivity contribution in [2.45, 2.75) is 6.42 Å². The van der Waals surface area contributed by atoms with Crippen LogP contribution in [0.3, 0.4) is 0 Å². The van der Waals surface area contributed by atoms with E-state index >= 15 is 0 Å². The van der Waals surface area contributed by atoms with E-state index in [4.69, 9.17) is 5.11 Å². The van der Waals surface area contributed by atoms with Gasteiger partial charge in [0.05, 0.1) is 5.56 Å². The van der Waals surface area contributed by atoms with Crippen LogP contribution in [0.4, 0.5) is 10.1 Å². The van der Waals surface area contributed by atoms with Gasteiger partial charge in [-0.15, -0.1) is 0 Å². The van der Waals surface area contributed by atoms with Crippen LogP contribution in [0.2, 0.25) is 0 Å². The molecule has 0 radical (unpaired) electrons. The number of hydrogen-bond acceptors (Lipinski definition) is 2. The Balaban J connectivity index is 2.00. The quantitative estimate of drug-likeness (QED) is 0.867. The summed E-state index contributed by atoms with van der Waals surface area (Å²) in [7, 11) is 0. The third-order valence-corrected chi connectivity index (χ3v) is 2.83. The number of anilines is 1. The van der Waals surface area contributed by atoms with Crippen molar-refractivity contribution >= 4 is 11.7 Å². The second-order valence-corrected chi connectivity index (χ2v) is 4.12. The lowest BCUT2D eigenvalue weighted by molar-refractivity contribution is 0.0698. The molecule has 0 aliphatic heterocycles. The Bertz CT molecular complexity index is 584. The monoisotopic (exact) mass is 259 g/mol. The fraction of sp³-hybridized carbons (Fsp3) is 0.133. The van der Waals surface area contributed by atoms with Crippen LogP contribution in [0.5, 0.6) is 0 Å². The summed E-state index contributed by atoms with van der Waals surface area (Å²) in [6.45, 7) is 0.477. The largest absolute Gasteiger partial charge is 0.478 e. The van der Waals surface area contributed by atoms with Crippen LogP contribution < -0.4 is 5.32 Å². The molecule has 0 saturated carbocycles. The molecule has 2 N–H and O–H groups in total. The van der Waals surface area contributed by atoms with Gasteiger partial charge in [-0.1, -0.05) is 30.3 Å². The average Bonchev–Trinajstić information content (AvgIpc) is 2.41. The summed E-state index contributed by atoms with van der Waals surface area (Å²) in [5, 5.41) is 12.0. The lowest BCUT2D eigenvalue weighted by atomic mass is 10.1. The highest BCUT2D eigenvalue weighted by Gasteiger charge is 2.08. The van der Waals surface area contributed by atoms with Crippen molar-refractivity contribution < 1.29 is 14.3 Å². The minimum Gasteiger partial charge on any atom is -0.478 e. The van der Waals surface area contributed by atoms with Gasteiger partial charge in [0.15, 0.2) is 0 Å². The lowest BCUT2D eigenvalue weighted by Crippen LogP contribution is -2.10. The van der Waals surface area contributed by atoms with E-state index in [1.165, 1.54) is 12.1 Å². The molecule has 0 saturated heterocycles. The second kappa shape index (κ2) is 6.00. The lowest BCUT2D eigenvalue weighted by Gasteiger charge is -2.09. The summed E-state index contributed by atoms with van der Waals surface area (Å²) in [6.07, 6.45) is 0.501. The maximum Gasteiger partial charge on any atom is 0.337 e. The third-order valence-electron chi connectivity index (χ3n) is 2.83. The number of hydrogen-bond donors (Lipinski definition) is 2. The van der Waals surface area contributed by atoms with Crippen molar-refractivity contribution in [3.05, 3.63) is 65.5 Å². The zero-order chi connectivity index (χ0) is 13.7. The number of carboxylic acid groups (broad SMARTS) is 1. The number of aromatic carboxylic acids is 1. The molecule has 0 heterocycles. The van der Waals surface area contributed by atoms with Crippen molar-refractivity contribution in [2.75, 3.05) is 11.9 Å². The first-order valence-electron chi connectivity index (χ1n) is 5.98. The summed E-state index contributed by atoms with van der Waals surface area (Å²) in [5.41, 5.74) is 1.38. The van der Waals surface area contributed by atoms with E-state index in [2.05, 4.69) is 5.32 Å². The number of rotatable bonds is 5. The van der Waals surface area contributed by atoms with E-state index in [0.29, 0.717) is 24.2 Å². The average molecular weight is 259 g/mol. The molecular weight excluding hydrogens is 245 g/mol. The SMILES string of the molecule is O=C(O)c1ccccc1NCCc1ccccc1F. The van der Waals surface area contributed by atoms with Crippen LogP contribution in [-0.2, 0) is 6.42 Å². The van der Waals surface area contributed by atoms with E-state index in [1.807, 2.05) is 0 Å². The van der Waals surface area contributed by atoms with E-state index in [-0.39, 0.29) is 11.4 Å². The highest BCUT2D eigenvalue weighted by molar-refractivity contribution is 5.94. The fourth-order valence-electron chi connectivity index (χ4n) is 1.86. The van der Waals surface area contributed by atoms with Crippen molar-refractivity contribution in [1.82, 2.24) is 0 Å². The van der Waals surface area contributed by atoms with Gasteiger partial charge in [0.25, 0.3) is 0 Å². The molecule has 0 fully saturated rings. The number of nitrogens with one attached hydrogen (secondary N) is 1. The Morgan fingerprint density at radius 1 is 1.11 bits per heavy atom. The molecule has 0 bridgehead atoms. The first-order valence-corrected chi connectivity index (χ1v) is 5.98. The third kappa shape index (κ3) is 3.31. The van der Waals surface area contributed by atoms with Gasteiger partial charge in [0.1, 0.15) is 5.82 Å². The molecule has 0 amide bonds. The number of halogens is 1. The Kier molecular flexibility index (Phi) is 4.13. The molecule has 0 aromatic heterocycles. The van der Waals surface area contributed by atoms with Crippen molar-refractivity contribution in [3.63, 3.8) is 0 Å². The number of para-hydroxylation sites is 1. The molecule has 4 heteroatoms. The molecule has 0 atom stereocenters. The summed E-state index contributed by atoms with van der Waals surface area (Å²) in [6, 6.07) is 13.2. The number of carboxylic acids is 1. The summed E-state index contributed by atoms with van der Waals surface area (Å²) in [5.74, 6) is -1.22. The van der Waals surface area contributed by atoms with Crippen molar-refractivity contribution in [3.8, 4) is 0 Å². The minimum absolute atomic E-state index is 0.219. The normalized spacial score (nSPS) is 10.2. The van der Waals surface area contributed by atoms with Gasteiger partial charge >= 0.3 is 5.97 Å². The molecule has 98 valence electrons.